The molecule has 204 valence electrons. The van der Waals surface area contributed by atoms with Gasteiger partial charge in [0, 0.05) is 58.8 Å². The van der Waals surface area contributed by atoms with Crippen LogP contribution in [0.1, 0.15) is 17.0 Å². The van der Waals surface area contributed by atoms with Crippen molar-refractivity contribution < 1.29 is 9.47 Å². The van der Waals surface area contributed by atoms with Crippen molar-refractivity contribution in [3.63, 3.8) is 0 Å². The molecule has 38 heavy (non-hydrogen) atoms. The molecule has 5 rings (SSSR count). The van der Waals surface area contributed by atoms with Gasteiger partial charge in [0.1, 0.15) is 0 Å². The van der Waals surface area contributed by atoms with Gasteiger partial charge in [0.25, 0.3) is 0 Å². The van der Waals surface area contributed by atoms with E-state index in [0.29, 0.717) is 30.9 Å². The average Bonchev–Trinajstić information content (AvgIpc) is 3.42. The van der Waals surface area contributed by atoms with Gasteiger partial charge in [0.2, 0.25) is 17.8 Å². The Labute approximate surface area is 223 Å². The first-order valence-corrected chi connectivity index (χ1v) is 13.2. The molecule has 1 fully saturated rings. The Balaban J connectivity index is 1.25. The summed E-state index contributed by atoms with van der Waals surface area (Å²) in [5.41, 5.74) is 3.37. The number of H-pyrrole nitrogens is 1. The van der Waals surface area contributed by atoms with E-state index in [1.54, 1.807) is 20.5 Å². The van der Waals surface area contributed by atoms with Crippen molar-refractivity contribution in [2.75, 3.05) is 89.2 Å². The van der Waals surface area contributed by atoms with Gasteiger partial charge in [-0.05, 0) is 31.2 Å². The SMILES string of the molecule is COc1ccc(CCNc2nc(NCCN3CCN(C)CC3)nc(N3CCc4nc[nH]c4C3)n2)cc1OC. The third kappa shape index (κ3) is 6.43. The average molecular weight is 523 g/mol. The van der Waals surface area contributed by atoms with Gasteiger partial charge in [-0.3, -0.25) is 4.90 Å². The van der Waals surface area contributed by atoms with Crippen LogP contribution in [0.15, 0.2) is 24.5 Å². The minimum Gasteiger partial charge on any atom is -0.493 e. The van der Waals surface area contributed by atoms with Crippen molar-refractivity contribution in [3.05, 3.63) is 41.5 Å². The highest BCUT2D eigenvalue weighted by molar-refractivity contribution is 5.46. The zero-order chi connectivity index (χ0) is 26.3. The summed E-state index contributed by atoms with van der Waals surface area (Å²) in [4.78, 5) is 28.9. The molecular weight excluding hydrogens is 484 g/mol. The van der Waals surface area contributed by atoms with E-state index in [1.807, 2.05) is 18.2 Å². The van der Waals surface area contributed by atoms with E-state index in [9.17, 15) is 0 Å². The normalized spacial score (nSPS) is 16.2. The second kappa shape index (κ2) is 12.3. The predicted molar refractivity (Wildman–Crippen MR) is 147 cm³/mol. The second-order valence-electron chi connectivity index (χ2n) is 9.72. The molecule has 12 heteroatoms. The fourth-order valence-corrected chi connectivity index (χ4v) is 4.80. The lowest BCUT2D eigenvalue weighted by Gasteiger charge is -2.32. The highest BCUT2D eigenvalue weighted by Crippen LogP contribution is 2.28. The van der Waals surface area contributed by atoms with Crippen LogP contribution >= 0.6 is 0 Å². The number of aromatic nitrogens is 5. The van der Waals surface area contributed by atoms with E-state index < -0.39 is 0 Å². The summed E-state index contributed by atoms with van der Waals surface area (Å²) >= 11 is 0. The third-order valence-electron chi connectivity index (χ3n) is 7.13. The Morgan fingerprint density at radius 3 is 2.45 bits per heavy atom. The molecule has 0 amide bonds. The van der Waals surface area contributed by atoms with Gasteiger partial charge >= 0.3 is 0 Å². The maximum Gasteiger partial charge on any atom is 0.232 e. The van der Waals surface area contributed by atoms with Crippen LogP contribution in [0.25, 0.3) is 0 Å². The van der Waals surface area contributed by atoms with Gasteiger partial charge in [-0.1, -0.05) is 6.07 Å². The molecule has 0 saturated carbocycles. The number of nitrogens with one attached hydrogen (secondary N) is 3. The quantitative estimate of drug-likeness (QED) is 0.340. The van der Waals surface area contributed by atoms with Crippen LogP contribution in [0.3, 0.4) is 0 Å². The van der Waals surface area contributed by atoms with Gasteiger partial charge in [0.15, 0.2) is 11.5 Å². The summed E-state index contributed by atoms with van der Waals surface area (Å²) in [6.45, 7) is 8.31. The van der Waals surface area contributed by atoms with Crippen LogP contribution in [0.2, 0.25) is 0 Å². The first-order valence-electron chi connectivity index (χ1n) is 13.2. The van der Waals surface area contributed by atoms with Crippen LogP contribution in [-0.4, -0.2) is 108 Å². The minimum absolute atomic E-state index is 0.563. The molecule has 4 heterocycles. The molecule has 0 spiro atoms. The number of hydrogen-bond donors (Lipinski definition) is 3. The number of ether oxygens (including phenoxy) is 2. The minimum atomic E-state index is 0.563. The van der Waals surface area contributed by atoms with Crippen LogP contribution in [-0.2, 0) is 19.4 Å². The maximum atomic E-state index is 5.44. The van der Waals surface area contributed by atoms with Crippen molar-refractivity contribution in [1.82, 2.24) is 34.7 Å². The monoisotopic (exact) mass is 522 g/mol. The topological polar surface area (TPSA) is 120 Å². The fourth-order valence-electron chi connectivity index (χ4n) is 4.80. The molecule has 12 nitrogen and oxygen atoms in total. The summed E-state index contributed by atoms with van der Waals surface area (Å²) in [6, 6.07) is 5.97. The lowest BCUT2D eigenvalue weighted by molar-refractivity contribution is 0.158. The van der Waals surface area contributed by atoms with Crippen LogP contribution in [0, 0.1) is 0 Å². The van der Waals surface area contributed by atoms with Crippen LogP contribution in [0.4, 0.5) is 17.8 Å². The van der Waals surface area contributed by atoms with Crippen molar-refractivity contribution in [3.8, 4) is 11.5 Å². The second-order valence-corrected chi connectivity index (χ2v) is 9.72. The number of rotatable bonds is 11. The van der Waals surface area contributed by atoms with Crippen molar-refractivity contribution in [1.29, 1.82) is 0 Å². The standard InChI is InChI=1S/C26H38N10O2/c1-34-12-14-35(15-13-34)11-9-28-25-31-24(27-8-6-19-4-5-22(37-2)23(16-19)38-3)32-26(33-25)36-10-7-20-21(17-36)30-18-29-20/h4-5,16,18H,6-15,17H2,1-3H3,(H,29,30)(H2,27,28,31,32,33). The summed E-state index contributed by atoms with van der Waals surface area (Å²) in [6.07, 6.45) is 3.40. The molecule has 0 bridgehead atoms. The van der Waals surface area contributed by atoms with E-state index >= 15 is 0 Å². The number of aromatic amines is 1. The van der Waals surface area contributed by atoms with Crippen LogP contribution in [0.5, 0.6) is 11.5 Å². The zero-order valence-electron chi connectivity index (χ0n) is 22.5. The summed E-state index contributed by atoms with van der Waals surface area (Å²) in [7, 11) is 5.47. The molecule has 0 radical (unpaired) electrons. The molecule has 1 saturated heterocycles. The Bertz CT molecular complexity index is 1190. The van der Waals surface area contributed by atoms with E-state index in [-0.39, 0.29) is 0 Å². The first kappa shape index (κ1) is 26.0. The van der Waals surface area contributed by atoms with Gasteiger partial charge in [0.05, 0.1) is 38.5 Å². The number of anilines is 3. The van der Waals surface area contributed by atoms with Crippen molar-refractivity contribution in [2.24, 2.45) is 0 Å². The molecule has 1 aromatic carbocycles. The highest BCUT2D eigenvalue weighted by Gasteiger charge is 2.22. The number of benzene rings is 1. The molecule has 0 atom stereocenters. The molecule has 2 aromatic heterocycles. The van der Waals surface area contributed by atoms with Gasteiger partial charge in [-0.25, -0.2) is 4.98 Å². The Kier molecular flexibility index (Phi) is 8.39. The number of nitrogens with zero attached hydrogens (tertiary/aromatic N) is 7. The number of methoxy groups -OCH3 is 2. The van der Waals surface area contributed by atoms with Gasteiger partial charge in [-0.15, -0.1) is 0 Å². The molecule has 0 unspecified atom stereocenters. The largest absolute Gasteiger partial charge is 0.493 e. The Morgan fingerprint density at radius 1 is 0.921 bits per heavy atom. The maximum absolute atomic E-state index is 5.44. The van der Waals surface area contributed by atoms with E-state index in [1.165, 1.54) is 0 Å². The summed E-state index contributed by atoms with van der Waals surface area (Å²) in [5, 5.41) is 6.84. The summed E-state index contributed by atoms with van der Waals surface area (Å²) in [5.74, 6) is 3.26. The first-order chi connectivity index (χ1) is 18.6. The van der Waals surface area contributed by atoms with Gasteiger partial charge in [-0.2, -0.15) is 15.0 Å². The Morgan fingerprint density at radius 2 is 1.68 bits per heavy atom. The zero-order valence-corrected chi connectivity index (χ0v) is 22.5. The van der Waals surface area contributed by atoms with Gasteiger partial charge < -0.3 is 34.9 Å². The smallest absolute Gasteiger partial charge is 0.232 e. The van der Waals surface area contributed by atoms with E-state index in [0.717, 1.165) is 87.1 Å². The number of imidazole rings is 1. The highest BCUT2D eigenvalue weighted by atomic mass is 16.5. The fraction of sp³-hybridized carbons (Fsp3) is 0.538. The number of fused-ring (bicyclic) bond motifs is 1. The van der Waals surface area contributed by atoms with Crippen molar-refractivity contribution >= 4 is 17.8 Å². The number of hydrogen-bond acceptors (Lipinski definition) is 11. The summed E-state index contributed by atoms with van der Waals surface area (Å²) < 4.78 is 10.8. The van der Waals surface area contributed by atoms with Crippen LogP contribution < -0.4 is 25.0 Å². The lowest BCUT2D eigenvalue weighted by Crippen LogP contribution is -2.45. The lowest BCUT2D eigenvalue weighted by atomic mass is 10.1. The Hall–Kier alpha value is -3.64. The molecule has 2 aliphatic rings. The van der Waals surface area contributed by atoms with E-state index in [4.69, 9.17) is 19.4 Å². The molecule has 3 N–H and O–H groups in total. The molecule has 2 aliphatic heterocycles. The predicted octanol–water partition coefficient (Wildman–Crippen LogP) is 1.49. The number of likely N-dealkylation sites (N-methyl/N-ethyl adjacent to an activating group) is 1. The molecule has 3 aromatic rings. The number of piperazine rings is 1. The van der Waals surface area contributed by atoms with Crippen molar-refractivity contribution in [2.45, 2.75) is 19.4 Å². The van der Waals surface area contributed by atoms with E-state index in [2.05, 4.69) is 47.3 Å². The molecular formula is C26H38N10O2. The third-order valence-corrected chi connectivity index (χ3v) is 7.13. The molecule has 0 aliphatic carbocycles.